The molecule has 0 atom stereocenters. The van der Waals surface area contributed by atoms with E-state index in [0.717, 1.165) is 6.07 Å². The van der Waals surface area contributed by atoms with Crippen LogP contribution in [0.2, 0.25) is 0 Å². The predicted molar refractivity (Wildman–Crippen MR) is 71.2 cm³/mol. The summed E-state index contributed by atoms with van der Waals surface area (Å²) in [6, 6.07) is 3.70. The summed E-state index contributed by atoms with van der Waals surface area (Å²) in [6.07, 6.45) is -0.0749. The highest BCUT2D eigenvalue weighted by Crippen LogP contribution is 2.26. The summed E-state index contributed by atoms with van der Waals surface area (Å²) < 4.78 is 7.31. The summed E-state index contributed by atoms with van der Waals surface area (Å²) in [5.41, 5.74) is 0.0356. The van der Waals surface area contributed by atoms with Gasteiger partial charge in [0, 0.05) is 28.7 Å². The summed E-state index contributed by atoms with van der Waals surface area (Å²) in [5, 5.41) is 19.8. The first kappa shape index (κ1) is 14.2. The monoisotopic (exact) mass is 361 g/mol. The Bertz CT molecular complexity index is 532. The maximum atomic E-state index is 11.3. The average molecular weight is 361 g/mol. The highest BCUT2D eigenvalue weighted by molar-refractivity contribution is 14.1. The van der Waals surface area contributed by atoms with Crippen LogP contribution in [0.1, 0.15) is 5.56 Å². The van der Waals surface area contributed by atoms with E-state index in [0.29, 0.717) is 5.56 Å². The largest absolute Gasteiger partial charge is 0.502 e. The third kappa shape index (κ3) is 4.21. The van der Waals surface area contributed by atoms with E-state index in [9.17, 15) is 20.0 Å². The van der Waals surface area contributed by atoms with E-state index in [1.165, 1.54) is 12.1 Å². The number of esters is 1. The van der Waals surface area contributed by atoms with E-state index in [1.54, 1.807) is 0 Å². The third-order valence-electron chi connectivity index (χ3n) is 1.96. The lowest BCUT2D eigenvalue weighted by molar-refractivity contribution is -0.385. The lowest BCUT2D eigenvalue weighted by Gasteiger charge is -2.02. The first-order chi connectivity index (χ1) is 8.54. The molecule has 18 heavy (non-hydrogen) atoms. The van der Waals surface area contributed by atoms with E-state index in [2.05, 4.69) is 9.85 Å². The van der Waals surface area contributed by atoms with Crippen molar-refractivity contribution in [2.75, 3.05) is 6.61 Å². The molecule has 1 aromatic carbocycles. The number of ether oxygens (including phenoxy) is 1. The van der Waals surface area contributed by atoms with Crippen molar-refractivity contribution in [3.8, 4) is 15.6 Å². The van der Waals surface area contributed by atoms with Crippen molar-refractivity contribution in [3.63, 3.8) is 0 Å². The number of nitro benzene ring substituents is 1. The SMILES string of the molecule is O=C(Cc1ccc([N+](=O)[O-])c(O)c1)OCC#CI. The lowest BCUT2D eigenvalue weighted by Crippen LogP contribution is -2.08. The molecule has 0 bridgehead atoms. The standard InChI is InChI=1S/C11H8INO5/c12-4-1-5-18-11(15)7-8-2-3-9(13(16)17)10(14)6-8/h2-3,6,14H,5,7H2. The Morgan fingerprint density at radius 1 is 1.56 bits per heavy atom. The maximum absolute atomic E-state index is 11.3. The normalized spacial score (nSPS) is 9.17. The maximum Gasteiger partial charge on any atom is 0.311 e. The van der Waals surface area contributed by atoms with Gasteiger partial charge in [0.15, 0.2) is 12.4 Å². The molecule has 0 saturated heterocycles. The molecule has 1 rings (SSSR count). The minimum Gasteiger partial charge on any atom is -0.502 e. The molecular formula is C11H8INO5. The molecule has 7 heteroatoms. The fourth-order valence-corrected chi connectivity index (χ4v) is 1.35. The van der Waals surface area contributed by atoms with Crippen LogP contribution in [0.25, 0.3) is 0 Å². The second-order valence-electron chi connectivity index (χ2n) is 3.19. The highest BCUT2D eigenvalue weighted by atomic mass is 127. The van der Waals surface area contributed by atoms with Gasteiger partial charge >= 0.3 is 11.7 Å². The Hall–Kier alpha value is -1.82. The smallest absolute Gasteiger partial charge is 0.311 e. The molecule has 0 radical (unpaired) electrons. The fraction of sp³-hybridized carbons (Fsp3) is 0.182. The molecule has 0 aromatic heterocycles. The number of phenolic OH excluding ortho intramolecular Hbond substituents is 1. The number of halogens is 1. The number of carbonyl (C=O) groups is 1. The zero-order chi connectivity index (χ0) is 13.5. The van der Waals surface area contributed by atoms with Crippen molar-refractivity contribution in [1.82, 2.24) is 0 Å². The summed E-state index contributed by atoms with van der Waals surface area (Å²) in [7, 11) is 0. The van der Waals surface area contributed by atoms with Gasteiger partial charge in [-0.2, -0.15) is 0 Å². The van der Waals surface area contributed by atoms with Crippen molar-refractivity contribution in [1.29, 1.82) is 0 Å². The van der Waals surface area contributed by atoms with Gasteiger partial charge in [-0.05, 0) is 15.6 Å². The number of nitrogens with zero attached hydrogens (tertiary/aromatic N) is 1. The molecule has 0 fully saturated rings. The topological polar surface area (TPSA) is 89.7 Å². The molecule has 0 heterocycles. The number of nitro groups is 1. The number of phenols is 1. The Morgan fingerprint density at radius 3 is 2.83 bits per heavy atom. The molecule has 0 aliphatic rings. The van der Waals surface area contributed by atoms with Crippen molar-refractivity contribution >= 4 is 34.2 Å². The molecule has 0 unspecified atom stereocenters. The molecule has 6 nitrogen and oxygen atoms in total. The van der Waals surface area contributed by atoms with Gasteiger partial charge in [-0.25, -0.2) is 0 Å². The van der Waals surface area contributed by atoms with Crippen molar-refractivity contribution in [3.05, 3.63) is 33.9 Å². The van der Waals surface area contributed by atoms with Crippen LogP contribution < -0.4 is 0 Å². The molecule has 0 spiro atoms. The van der Waals surface area contributed by atoms with Gasteiger partial charge in [0.1, 0.15) is 0 Å². The van der Waals surface area contributed by atoms with Gasteiger partial charge in [-0.3, -0.25) is 14.9 Å². The molecule has 1 N–H and O–H groups in total. The van der Waals surface area contributed by atoms with Gasteiger partial charge in [-0.15, -0.1) is 0 Å². The quantitative estimate of drug-likeness (QED) is 0.290. The number of aromatic hydroxyl groups is 1. The Labute approximate surface area is 116 Å². The summed E-state index contributed by atoms with van der Waals surface area (Å²) in [6.45, 7) is 0.000731. The summed E-state index contributed by atoms with van der Waals surface area (Å²) in [5.74, 6) is 1.57. The van der Waals surface area contributed by atoms with Gasteiger partial charge in [0.05, 0.1) is 11.3 Å². The van der Waals surface area contributed by atoms with Crippen LogP contribution in [0.3, 0.4) is 0 Å². The lowest BCUT2D eigenvalue weighted by atomic mass is 10.1. The van der Waals surface area contributed by atoms with Crippen molar-refractivity contribution < 1.29 is 19.6 Å². The van der Waals surface area contributed by atoms with E-state index in [-0.39, 0.29) is 13.0 Å². The summed E-state index contributed by atoms with van der Waals surface area (Å²) in [4.78, 5) is 21.1. The fourth-order valence-electron chi connectivity index (χ4n) is 1.19. The minimum absolute atomic E-state index is 0.000731. The molecule has 0 aliphatic heterocycles. The van der Waals surface area contributed by atoms with E-state index < -0.39 is 22.3 Å². The molecule has 0 saturated carbocycles. The predicted octanol–water partition coefficient (Wildman–Crippen LogP) is 1.78. The first-order valence-electron chi connectivity index (χ1n) is 4.75. The Kier molecular flexibility index (Phi) is 5.38. The minimum atomic E-state index is -0.701. The van der Waals surface area contributed by atoms with Crippen LogP contribution in [0.5, 0.6) is 5.75 Å². The number of benzene rings is 1. The average Bonchev–Trinajstić information content (AvgIpc) is 2.28. The van der Waals surface area contributed by atoms with E-state index >= 15 is 0 Å². The molecule has 1 aromatic rings. The van der Waals surface area contributed by atoms with E-state index in [1.807, 2.05) is 22.6 Å². The second-order valence-corrected chi connectivity index (χ2v) is 3.73. The van der Waals surface area contributed by atoms with E-state index in [4.69, 9.17) is 4.74 Å². The number of carbonyl (C=O) groups excluding carboxylic acids is 1. The molecule has 0 aliphatic carbocycles. The van der Waals surface area contributed by atoms with Crippen molar-refractivity contribution in [2.45, 2.75) is 6.42 Å². The van der Waals surface area contributed by atoms with Gasteiger partial charge < -0.3 is 9.84 Å². The number of rotatable bonds is 4. The number of hydrogen-bond acceptors (Lipinski definition) is 5. The van der Waals surface area contributed by atoms with Gasteiger partial charge in [0.2, 0.25) is 0 Å². The second kappa shape index (κ2) is 6.80. The van der Waals surface area contributed by atoms with Crippen LogP contribution in [-0.4, -0.2) is 22.6 Å². The molecular weight excluding hydrogens is 353 g/mol. The van der Waals surface area contributed by atoms with Crippen LogP contribution in [0.15, 0.2) is 18.2 Å². The van der Waals surface area contributed by atoms with Crippen LogP contribution in [0.4, 0.5) is 5.69 Å². The third-order valence-corrected chi connectivity index (χ3v) is 2.34. The van der Waals surface area contributed by atoms with Crippen LogP contribution in [0, 0.1) is 20.0 Å². The highest BCUT2D eigenvalue weighted by Gasteiger charge is 2.14. The zero-order valence-electron chi connectivity index (χ0n) is 9.05. The van der Waals surface area contributed by atoms with Gasteiger partial charge in [0.25, 0.3) is 0 Å². The van der Waals surface area contributed by atoms with Gasteiger partial charge in [-0.1, -0.05) is 12.0 Å². The Morgan fingerprint density at radius 2 is 2.28 bits per heavy atom. The van der Waals surface area contributed by atoms with Crippen molar-refractivity contribution in [2.24, 2.45) is 0 Å². The van der Waals surface area contributed by atoms with Crippen LogP contribution in [-0.2, 0) is 16.0 Å². The number of hydrogen-bond donors (Lipinski definition) is 1. The zero-order valence-corrected chi connectivity index (χ0v) is 11.2. The molecule has 0 amide bonds. The van der Waals surface area contributed by atoms with Crippen LogP contribution >= 0.6 is 22.6 Å². The summed E-state index contributed by atoms with van der Waals surface area (Å²) >= 11 is 1.82. The molecule has 94 valence electrons. The first-order valence-corrected chi connectivity index (χ1v) is 5.83. The Balaban J connectivity index is 2.67.